The molecule has 2 aromatic carbocycles. The van der Waals surface area contributed by atoms with Gasteiger partial charge in [-0.05, 0) is 42.0 Å². The lowest BCUT2D eigenvalue weighted by Gasteiger charge is -2.30. The summed E-state index contributed by atoms with van der Waals surface area (Å²) >= 11 is 0. The van der Waals surface area contributed by atoms with Crippen molar-refractivity contribution in [1.82, 2.24) is 9.29 Å². The fourth-order valence-electron chi connectivity index (χ4n) is 4.33. The predicted octanol–water partition coefficient (Wildman–Crippen LogP) is 3.75. The number of carbonyl (C=O) groups excluding carboxylic acids is 1. The average molecular weight is 440 g/mol. The molecule has 0 spiro atoms. The fourth-order valence-corrected chi connectivity index (χ4v) is 5.31. The number of hydrogen-bond donors (Lipinski definition) is 2. The summed E-state index contributed by atoms with van der Waals surface area (Å²) < 4.78 is 20.2. The van der Waals surface area contributed by atoms with Crippen molar-refractivity contribution in [2.75, 3.05) is 25.4 Å². The van der Waals surface area contributed by atoms with Crippen LogP contribution in [0.4, 0.5) is 0 Å². The van der Waals surface area contributed by atoms with E-state index in [1.807, 2.05) is 37.4 Å². The summed E-state index contributed by atoms with van der Waals surface area (Å²) in [6, 6.07) is 13.9. The summed E-state index contributed by atoms with van der Waals surface area (Å²) in [6.07, 6.45) is 4.65. The number of benzene rings is 2. The lowest BCUT2D eigenvalue weighted by Crippen LogP contribution is -2.35. The summed E-state index contributed by atoms with van der Waals surface area (Å²) in [7, 11) is -0.891. The molecular formula is C24H29N3O3S. The molecule has 7 heteroatoms. The molecule has 0 radical (unpaired) electrons. The number of ether oxygens (including phenoxy) is 1. The summed E-state index contributed by atoms with van der Waals surface area (Å²) in [5.74, 6) is 1.19. The first-order valence-electron chi connectivity index (χ1n) is 10.8. The standard InChI is InChI=1S/C24H29N3O3S/c1-2-31(29)27-11-8-18(9-12-27)22-16-26-23-20(22)14-19(15-21(23)24(25)28)30-13-10-17-6-4-3-5-7-17/h3-7,14-16,18,26H,2,8-13H2,1H3,(H2,25,28). The van der Waals surface area contributed by atoms with E-state index in [9.17, 15) is 9.00 Å². The second-order valence-electron chi connectivity index (χ2n) is 7.90. The van der Waals surface area contributed by atoms with Crippen molar-refractivity contribution in [2.45, 2.75) is 32.1 Å². The zero-order valence-electron chi connectivity index (χ0n) is 17.8. The van der Waals surface area contributed by atoms with Gasteiger partial charge in [0.2, 0.25) is 0 Å². The molecular weight excluding hydrogens is 410 g/mol. The van der Waals surface area contributed by atoms with E-state index in [1.165, 1.54) is 11.1 Å². The first-order valence-corrected chi connectivity index (χ1v) is 12.1. The van der Waals surface area contributed by atoms with Gasteiger partial charge in [0.25, 0.3) is 5.91 Å². The molecule has 31 heavy (non-hydrogen) atoms. The van der Waals surface area contributed by atoms with Crippen molar-refractivity contribution in [2.24, 2.45) is 5.73 Å². The minimum absolute atomic E-state index is 0.346. The number of aromatic nitrogens is 1. The monoisotopic (exact) mass is 439 g/mol. The molecule has 0 aliphatic carbocycles. The zero-order chi connectivity index (χ0) is 21.8. The average Bonchev–Trinajstić information content (AvgIpc) is 3.22. The van der Waals surface area contributed by atoms with Gasteiger partial charge in [-0.25, -0.2) is 8.51 Å². The third-order valence-corrected chi connectivity index (χ3v) is 7.43. The summed E-state index contributed by atoms with van der Waals surface area (Å²) in [6.45, 7) is 4.10. The Kier molecular flexibility index (Phi) is 6.73. The van der Waals surface area contributed by atoms with Crippen LogP contribution in [0.1, 0.15) is 47.2 Å². The highest BCUT2D eigenvalue weighted by Gasteiger charge is 2.26. The molecule has 3 aromatic rings. The van der Waals surface area contributed by atoms with Crippen LogP contribution in [0.2, 0.25) is 0 Å². The highest BCUT2D eigenvalue weighted by Crippen LogP contribution is 2.36. The van der Waals surface area contributed by atoms with Gasteiger partial charge in [0.05, 0.1) is 28.7 Å². The van der Waals surface area contributed by atoms with Crippen LogP contribution in [0, 0.1) is 0 Å². The first-order chi connectivity index (χ1) is 15.1. The van der Waals surface area contributed by atoms with Gasteiger partial charge in [0.1, 0.15) is 5.75 Å². The lowest BCUT2D eigenvalue weighted by atomic mass is 9.89. The largest absolute Gasteiger partial charge is 0.493 e. The molecule has 1 unspecified atom stereocenters. The lowest BCUT2D eigenvalue weighted by molar-refractivity contribution is 0.100. The Morgan fingerprint density at radius 3 is 2.65 bits per heavy atom. The van der Waals surface area contributed by atoms with Crippen LogP contribution in [-0.2, 0) is 17.4 Å². The van der Waals surface area contributed by atoms with Crippen LogP contribution < -0.4 is 10.5 Å². The minimum atomic E-state index is -0.891. The van der Waals surface area contributed by atoms with Crippen LogP contribution in [0.15, 0.2) is 48.7 Å². The van der Waals surface area contributed by atoms with Crippen molar-refractivity contribution < 1.29 is 13.7 Å². The smallest absolute Gasteiger partial charge is 0.250 e. The summed E-state index contributed by atoms with van der Waals surface area (Å²) in [5.41, 5.74) is 9.26. The number of piperidine rings is 1. The molecule has 2 heterocycles. The number of rotatable bonds is 8. The van der Waals surface area contributed by atoms with Crippen LogP contribution in [0.5, 0.6) is 5.75 Å². The number of hydrogen-bond acceptors (Lipinski definition) is 3. The normalized spacial score (nSPS) is 16.4. The minimum Gasteiger partial charge on any atom is -0.493 e. The molecule has 1 atom stereocenters. The Balaban J connectivity index is 1.55. The van der Waals surface area contributed by atoms with E-state index in [-0.39, 0.29) is 0 Å². The van der Waals surface area contributed by atoms with Crippen LogP contribution in [-0.4, -0.2) is 44.9 Å². The molecule has 6 nitrogen and oxygen atoms in total. The molecule has 1 aromatic heterocycles. The summed E-state index contributed by atoms with van der Waals surface area (Å²) in [4.78, 5) is 15.4. The maximum Gasteiger partial charge on any atom is 0.250 e. The highest BCUT2D eigenvalue weighted by atomic mass is 32.2. The van der Waals surface area contributed by atoms with E-state index in [1.54, 1.807) is 6.07 Å². The van der Waals surface area contributed by atoms with Crippen LogP contribution in [0.3, 0.4) is 0 Å². The Morgan fingerprint density at radius 2 is 1.97 bits per heavy atom. The third kappa shape index (κ3) is 4.83. The van der Waals surface area contributed by atoms with Crippen LogP contribution >= 0.6 is 0 Å². The Hall–Kier alpha value is -2.64. The number of nitrogens with two attached hydrogens (primary N) is 1. The quantitative estimate of drug-likeness (QED) is 0.560. The molecule has 1 aliphatic rings. The maximum atomic E-state index is 12.1. The van der Waals surface area contributed by atoms with E-state index >= 15 is 0 Å². The van der Waals surface area contributed by atoms with E-state index in [0.717, 1.165) is 43.3 Å². The van der Waals surface area contributed by atoms with Gasteiger partial charge in [0.15, 0.2) is 0 Å². The van der Waals surface area contributed by atoms with Crippen molar-refractivity contribution in [3.63, 3.8) is 0 Å². The second kappa shape index (κ2) is 9.66. The van der Waals surface area contributed by atoms with Gasteiger partial charge in [-0.1, -0.05) is 37.3 Å². The maximum absolute atomic E-state index is 12.1. The molecule has 1 amide bonds. The zero-order valence-corrected chi connectivity index (χ0v) is 18.6. The molecule has 1 aliphatic heterocycles. The molecule has 164 valence electrons. The Labute approximate surface area is 185 Å². The Bertz CT molecular complexity index is 1070. The van der Waals surface area contributed by atoms with Crippen molar-refractivity contribution in [3.05, 3.63) is 65.4 Å². The summed E-state index contributed by atoms with van der Waals surface area (Å²) in [5, 5.41) is 0.987. The molecule has 4 rings (SSSR count). The highest BCUT2D eigenvalue weighted by molar-refractivity contribution is 7.82. The Morgan fingerprint density at radius 1 is 1.23 bits per heavy atom. The van der Waals surface area contributed by atoms with Gasteiger partial charge < -0.3 is 15.5 Å². The van der Waals surface area contributed by atoms with E-state index in [0.29, 0.717) is 29.6 Å². The van der Waals surface area contributed by atoms with Gasteiger partial charge in [-0.15, -0.1) is 0 Å². The number of aromatic amines is 1. The predicted molar refractivity (Wildman–Crippen MR) is 125 cm³/mol. The molecule has 1 fully saturated rings. The van der Waals surface area contributed by atoms with Gasteiger partial charge in [0, 0.05) is 36.8 Å². The molecule has 3 N–H and O–H groups in total. The van der Waals surface area contributed by atoms with Gasteiger partial charge in [-0.3, -0.25) is 4.79 Å². The second-order valence-corrected chi connectivity index (χ2v) is 9.64. The topological polar surface area (TPSA) is 88.4 Å². The number of amides is 1. The van der Waals surface area contributed by atoms with Crippen molar-refractivity contribution in [1.29, 1.82) is 0 Å². The number of fused-ring (bicyclic) bond motifs is 1. The van der Waals surface area contributed by atoms with Crippen molar-refractivity contribution in [3.8, 4) is 5.75 Å². The van der Waals surface area contributed by atoms with E-state index in [2.05, 4.69) is 21.4 Å². The van der Waals surface area contributed by atoms with Gasteiger partial charge in [-0.2, -0.15) is 0 Å². The number of carbonyl (C=O) groups is 1. The van der Waals surface area contributed by atoms with Crippen molar-refractivity contribution >= 4 is 27.8 Å². The number of nitrogens with zero attached hydrogens (tertiary/aromatic N) is 1. The van der Waals surface area contributed by atoms with E-state index < -0.39 is 16.9 Å². The molecule has 0 saturated carbocycles. The number of H-pyrrole nitrogens is 1. The third-order valence-electron chi connectivity index (χ3n) is 5.99. The van der Waals surface area contributed by atoms with Gasteiger partial charge >= 0.3 is 0 Å². The van der Waals surface area contributed by atoms with Crippen LogP contribution in [0.25, 0.3) is 10.9 Å². The molecule has 1 saturated heterocycles. The SMILES string of the molecule is CCS(=O)N1CCC(c2c[nH]c3c(C(N)=O)cc(OCCc4ccccc4)cc23)CC1. The van der Waals surface area contributed by atoms with E-state index in [4.69, 9.17) is 10.5 Å². The number of primary amides is 1. The fraction of sp³-hybridized carbons (Fsp3) is 0.375. The first kappa shape index (κ1) is 21.6. The molecule has 0 bridgehead atoms. The number of nitrogens with one attached hydrogen (secondary N) is 1.